The van der Waals surface area contributed by atoms with Gasteiger partial charge in [-0.1, -0.05) is 13.0 Å². The van der Waals surface area contributed by atoms with Gasteiger partial charge in [0, 0.05) is 29.9 Å². The first-order valence-corrected chi connectivity index (χ1v) is 6.19. The highest BCUT2D eigenvalue weighted by Crippen LogP contribution is 2.29. The normalized spacial score (nSPS) is 29.3. The molecular weight excluding hydrogens is 192 g/mol. The van der Waals surface area contributed by atoms with Gasteiger partial charge in [0.1, 0.15) is 0 Å². The number of likely N-dealkylation sites (tertiary alicyclic amines) is 1. The monoisotopic (exact) mass is 210 g/mol. The van der Waals surface area contributed by atoms with Crippen LogP contribution in [0.15, 0.2) is 17.5 Å². The third-order valence-electron chi connectivity index (χ3n) is 2.95. The van der Waals surface area contributed by atoms with Gasteiger partial charge >= 0.3 is 0 Å². The van der Waals surface area contributed by atoms with E-state index in [2.05, 4.69) is 29.3 Å². The zero-order valence-corrected chi connectivity index (χ0v) is 9.46. The largest absolute Gasteiger partial charge is 0.327 e. The summed E-state index contributed by atoms with van der Waals surface area (Å²) in [6.45, 7) is 5.59. The molecule has 2 heterocycles. The summed E-state index contributed by atoms with van der Waals surface area (Å²) in [5.41, 5.74) is 6.06. The lowest BCUT2D eigenvalue weighted by Gasteiger charge is -2.35. The van der Waals surface area contributed by atoms with Crippen molar-refractivity contribution in [1.29, 1.82) is 0 Å². The molecule has 78 valence electrons. The van der Waals surface area contributed by atoms with Gasteiger partial charge in [-0.2, -0.15) is 0 Å². The average Bonchev–Trinajstić information content (AvgIpc) is 2.69. The lowest BCUT2D eigenvalue weighted by Crippen LogP contribution is -2.45. The number of nitrogens with zero attached hydrogens (tertiary/aromatic N) is 1. The zero-order chi connectivity index (χ0) is 9.97. The Morgan fingerprint density at radius 2 is 2.43 bits per heavy atom. The van der Waals surface area contributed by atoms with Gasteiger partial charge in [0.2, 0.25) is 0 Å². The average molecular weight is 210 g/mol. The molecule has 0 radical (unpaired) electrons. The standard InChI is InChI=1S/C11H18N2S/c1-2-13-7-9(6-10(12)8-13)11-4-3-5-14-11/h3-5,9-10H,2,6-8,12H2,1H3. The molecule has 0 aliphatic carbocycles. The third kappa shape index (κ3) is 2.16. The fourth-order valence-corrected chi connectivity index (χ4v) is 3.05. The van der Waals surface area contributed by atoms with E-state index in [9.17, 15) is 0 Å². The molecule has 1 aliphatic rings. The molecule has 2 atom stereocenters. The van der Waals surface area contributed by atoms with Crippen molar-refractivity contribution in [2.75, 3.05) is 19.6 Å². The minimum atomic E-state index is 0.357. The van der Waals surface area contributed by atoms with Crippen molar-refractivity contribution in [2.24, 2.45) is 5.73 Å². The van der Waals surface area contributed by atoms with Gasteiger partial charge < -0.3 is 10.6 Å². The van der Waals surface area contributed by atoms with Crippen molar-refractivity contribution in [2.45, 2.75) is 25.3 Å². The molecule has 0 aromatic carbocycles. The Labute approximate surface area is 89.7 Å². The number of likely N-dealkylation sites (N-methyl/N-ethyl adjacent to an activating group) is 1. The van der Waals surface area contributed by atoms with E-state index in [1.54, 1.807) is 0 Å². The van der Waals surface area contributed by atoms with E-state index in [1.807, 2.05) is 11.3 Å². The molecule has 3 heteroatoms. The van der Waals surface area contributed by atoms with Crippen molar-refractivity contribution >= 4 is 11.3 Å². The van der Waals surface area contributed by atoms with Crippen LogP contribution in [0.4, 0.5) is 0 Å². The molecule has 0 amide bonds. The maximum absolute atomic E-state index is 6.06. The van der Waals surface area contributed by atoms with Crippen molar-refractivity contribution in [3.63, 3.8) is 0 Å². The lowest BCUT2D eigenvalue weighted by molar-refractivity contribution is 0.199. The summed E-state index contributed by atoms with van der Waals surface area (Å²) >= 11 is 1.86. The summed E-state index contributed by atoms with van der Waals surface area (Å²) in [7, 11) is 0. The van der Waals surface area contributed by atoms with Crippen molar-refractivity contribution in [3.8, 4) is 0 Å². The van der Waals surface area contributed by atoms with Crippen LogP contribution in [0.3, 0.4) is 0 Å². The molecule has 0 bridgehead atoms. The summed E-state index contributed by atoms with van der Waals surface area (Å²) < 4.78 is 0. The van der Waals surface area contributed by atoms with E-state index < -0.39 is 0 Å². The van der Waals surface area contributed by atoms with Crippen LogP contribution in [-0.4, -0.2) is 30.6 Å². The quantitative estimate of drug-likeness (QED) is 0.807. The van der Waals surface area contributed by atoms with Crippen LogP contribution >= 0.6 is 11.3 Å². The Kier molecular flexibility index (Phi) is 3.21. The van der Waals surface area contributed by atoms with E-state index in [-0.39, 0.29) is 0 Å². The van der Waals surface area contributed by atoms with E-state index in [0.717, 1.165) is 19.5 Å². The maximum atomic E-state index is 6.06. The van der Waals surface area contributed by atoms with Gasteiger partial charge in [-0.25, -0.2) is 0 Å². The van der Waals surface area contributed by atoms with Crippen molar-refractivity contribution in [1.82, 2.24) is 4.90 Å². The molecule has 2 rings (SSSR count). The molecule has 1 saturated heterocycles. The van der Waals surface area contributed by atoms with Crippen molar-refractivity contribution in [3.05, 3.63) is 22.4 Å². The van der Waals surface area contributed by atoms with Gasteiger partial charge in [0.25, 0.3) is 0 Å². The predicted molar refractivity (Wildman–Crippen MR) is 61.8 cm³/mol. The summed E-state index contributed by atoms with van der Waals surface area (Å²) in [5.74, 6) is 0.665. The van der Waals surface area contributed by atoms with Crippen LogP contribution in [0, 0.1) is 0 Å². The van der Waals surface area contributed by atoms with Gasteiger partial charge in [0.05, 0.1) is 0 Å². The van der Waals surface area contributed by atoms with Crippen molar-refractivity contribution < 1.29 is 0 Å². The molecule has 14 heavy (non-hydrogen) atoms. The summed E-state index contributed by atoms with van der Waals surface area (Å²) in [5, 5.41) is 2.16. The van der Waals surface area contributed by atoms with Gasteiger partial charge in [0.15, 0.2) is 0 Å². The van der Waals surface area contributed by atoms with Gasteiger partial charge in [-0.15, -0.1) is 11.3 Å². The maximum Gasteiger partial charge on any atom is 0.0174 e. The Morgan fingerprint density at radius 1 is 1.57 bits per heavy atom. The molecule has 2 unspecified atom stereocenters. The molecule has 0 saturated carbocycles. The molecular formula is C11H18N2S. The molecule has 2 nitrogen and oxygen atoms in total. The Balaban J connectivity index is 2.05. The number of rotatable bonds is 2. The Bertz CT molecular complexity index is 271. The zero-order valence-electron chi connectivity index (χ0n) is 8.65. The van der Waals surface area contributed by atoms with Gasteiger partial charge in [-0.3, -0.25) is 0 Å². The molecule has 0 spiro atoms. The van der Waals surface area contributed by atoms with Crippen LogP contribution in [0.2, 0.25) is 0 Å². The minimum absolute atomic E-state index is 0.357. The number of piperidine rings is 1. The predicted octanol–water partition coefficient (Wildman–Crippen LogP) is 1.88. The summed E-state index contributed by atoms with van der Waals surface area (Å²) in [6.07, 6.45) is 1.15. The molecule has 1 aromatic heterocycles. The van der Waals surface area contributed by atoms with Crippen LogP contribution in [0.25, 0.3) is 0 Å². The molecule has 2 N–H and O–H groups in total. The highest BCUT2D eigenvalue weighted by molar-refractivity contribution is 7.10. The van der Waals surface area contributed by atoms with Crippen LogP contribution < -0.4 is 5.73 Å². The molecule has 1 aromatic rings. The highest BCUT2D eigenvalue weighted by Gasteiger charge is 2.25. The summed E-state index contributed by atoms with van der Waals surface area (Å²) in [6, 6.07) is 4.73. The van der Waals surface area contributed by atoms with Crippen LogP contribution in [-0.2, 0) is 0 Å². The Morgan fingerprint density at radius 3 is 3.07 bits per heavy atom. The second-order valence-electron chi connectivity index (χ2n) is 4.06. The van der Waals surface area contributed by atoms with E-state index >= 15 is 0 Å². The number of hydrogen-bond donors (Lipinski definition) is 1. The fraction of sp³-hybridized carbons (Fsp3) is 0.636. The minimum Gasteiger partial charge on any atom is -0.327 e. The highest BCUT2D eigenvalue weighted by atomic mass is 32.1. The van der Waals surface area contributed by atoms with Gasteiger partial charge in [-0.05, 0) is 24.4 Å². The number of nitrogens with two attached hydrogens (primary N) is 1. The third-order valence-corrected chi connectivity index (χ3v) is 3.99. The second-order valence-corrected chi connectivity index (χ2v) is 5.04. The number of thiophene rings is 1. The number of hydrogen-bond acceptors (Lipinski definition) is 3. The summed E-state index contributed by atoms with van der Waals surface area (Å²) in [4.78, 5) is 3.96. The Hall–Kier alpha value is -0.380. The van der Waals surface area contributed by atoms with E-state index in [1.165, 1.54) is 11.4 Å². The van der Waals surface area contributed by atoms with Crippen LogP contribution in [0.5, 0.6) is 0 Å². The molecule has 1 fully saturated rings. The first-order valence-electron chi connectivity index (χ1n) is 5.31. The first kappa shape index (κ1) is 10.1. The van der Waals surface area contributed by atoms with Crippen LogP contribution in [0.1, 0.15) is 24.1 Å². The first-order chi connectivity index (χ1) is 6.79. The fourth-order valence-electron chi connectivity index (χ4n) is 2.22. The topological polar surface area (TPSA) is 29.3 Å². The lowest BCUT2D eigenvalue weighted by atomic mass is 9.93. The smallest absolute Gasteiger partial charge is 0.0174 e. The van der Waals surface area contributed by atoms with E-state index in [0.29, 0.717) is 12.0 Å². The SMILES string of the molecule is CCN1CC(N)CC(c2cccs2)C1. The van der Waals surface area contributed by atoms with E-state index in [4.69, 9.17) is 5.73 Å². The second kappa shape index (κ2) is 4.43. The molecule has 1 aliphatic heterocycles.